The van der Waals surface area contributed by atoms with Crippen molar-refractivity contribution in [1.82, 2.24) is 0 Å². The SMILES string of the molecule is O=[S@@](C#CC(F)F)Cc1ccccc1. The molecule has 14 heavy (non-hydrogen) atoms. The van der Waals surface area contributed by atoms with Gasteiger partial charge in [0.1, 0.15) is 10.8 Å². The van der Waals surface area contributed by atoms with Crippen molar-refractivity contribution in [2.24, 2.45) is 0 Å². The first-order chi connectivity index (χ1) is 6.68. The maximum atomic E-state index is 11.6. The van der Waals surface area contributed by atoms with Crippen LogP contribution >= 0.6 is 0 Å². The van der Waals surface area contributed by atoms with Gasteiger partial charge in [-0.1, -0.05) is 30.3 Å². The van der Waals surface area contributed by atoms with E-state index >= 15 is 0 Å². The molecule has 1 rings (SSSR count). The highest BCUT2D eigenvalue weighted by molar-refractivity contribution is 7.89. The zero-order valence-electron chi connectivity index (χ0n) is 7.24. The fraction of sp³-hybridized carbons (Fsp3) is 0.200. The Balaban J connectivity index is 2.56. The van der Waals surface area contributed by atoms with Gasteiger partial charge in [0.05, 0.1) is 5.75 Å². The van der Waals surface area contributed by atoms with Crippen LogP contribution in [-0.4, -0.2) is 10.6 Å². The van der Waals surface area contributed by atoms with Crippen LogP contribution in [0.1, 0.15) is 5.56 Å². The molecule has 0 amide bonds. The number of halogens is 2. The summed E-state index contributed by atoms with van der Waals surface area (Å²) in [7, 11) is -1.53. The van der Waals surface area contributed by atoms with Gasteiger partial charge in [0.2, 0.25) is 0 Å². The summed E-state index contributed by atoms with van der Waals surface area (Å²) < 4.78 is 34.4. The first-order valence-electron chi connectivity index (χ1n) is 3.90. The predicted octanol–water partition coefficient (Wildman–Crippen LogP) is 2.16. The summed E-state index contributed by atoms with van der Waals surface area (Å²) in [4.78, 5) is 0. The van der Waals surface area contributed by atoms with E-state index in [0.29, 0.717) is 0 Å². The summed E-state index contributed by atoms with van der Waals surface area (Å²) in [5.41, 5.74) is 0.828. The molecule has 0 aliphatic rings. The van der Waals surface area contributed by atoms with E-state index in [-0.39, 0.29) is 5.75 Å². The largest absolute Gasteiger partial charge is 0.299 e. The van der Waals surface area contributed by atoms with E-state index in [0.717, 1.165) is 5.56 Å². The standard InChI is InChI=1S/C10H8F2OS/c11-10(12)6-7-14(13)8-9-4-2-1-3-5-9/h1-5,10H,8H2/t14-/m0/s1. The summed E-state index contributed by atoms with van der Waals surface area (Å²) in [6.45, 7) is 0. The van der Waals surface area contributed by atoms with E-state index in [9.17, 15) is 13.0 Å². The number of hydrogen-bond donors (Lipinski definition) is 0. The van der Waals surface area contributed by atoms with Gasteiger partial charge in [0.25, 0.3) is 6.43 Å². The number of rotatable bonds is 2. The van der Waals surface area contributed by atoms with Crippen LogP contribution in [0.2, 0.25) is 0 Å². The number of benzene rings is 1. The molecule has 1 aromatic carbocycles. The van der Waals surface area contributed by atoms with Crippen LogP contribution in [-0.2, 0) is 16.6 Å². The maximum Gasteiger partial charge on any atom is 0.299 e. The topological polar surface area (TPSA) is 17.1 Å². The lowest BCUT2D eigenvalue weighted by atomic mass is 10.2. The fourth-order valence-electron chi connectivity index (χ4n) is 0.872. The van der Waals surface area contributed by atoms with E-state index in [4.69, 9.17) is 0 Å². The lowest BCUT2D eigenvalue weighted by Gasteiger charge is -1.94. The van der Waals surface area contributed by atoms with Crippen molar-refractivity contribution in [2.75, 3.05) is 0 Å². The molecule has 0 aromatic heterocycles. The minimum Gasteiger partial charge on any atom is -0.246 e. The summed E-state index contributed by atoms with van der Waals surface area (Å²) >= 11 is 0. The fourth-order valence-corrected chi connectivity index (χ4v) is 1.66. The van der Waals surface area contributed by atoms with Crippen LogP contribution < -0.4 is 0 Å². The molecular formula is C10H8F2OS. The molecule has 1 aromatic rings. The average molecular weight is 214 g/mol. The highest BCUT2D eigenvalue weighted by Crippen LogP contribution is 2.02. The Kier molecular flexibility index (Phi) is 4.27. The molecular weight excluding hydrogens is 206 g/mol. The van der Waals surface area contributed by atoms with Gasteiger partial charge in [-0.15, -0.1) is 0 Å². The molecule has 0 bridgehead atoms. The number of alkyl halides is 2. The van der Waals surface area contributed by atoms with Gasteiger partial charge in [-0.3, -0.25) is 0 Å². The van der Waals surface area contributed by atoms with Gasteiger partial charge in [-0.25, -0.2) is 4.21 Å². The Morgan fingerprint density at radius 1 is 1.29 bits per heavy atom. The molecule has 4 heteroatoms. The van der Waals surface area contributed by atoms with Crippen LogP contribution in [0.3, 0.4) is 0 Å². The third kappa shape index (κ3) is 4.15. The Labute approximate surface area is 83.6 Å². The smallest absolute Gasteiger partial charge is 0.246 e. The van der Waals surface area contributed by atoms with Crippen LogP contribution in [0.25, 0.3) is 0 Å². The van der Waals surface area contributed by atoms with Gasteiger partial charge in [-0.05, 0) is 11.5 Å². The molecule has 1 atom stereocenters. The van der Waals surface area contributed by atoms with Crippen molar-refractivity contribution < 1.29 is 13.0 Å². The van der Waals surface area contributed by atoms with Crippen LogP contribution in [0.4, 0.5) is 8.78 Å². The summed E-state index contributed by atoms with van der Waals surface area (Å²) in [6.07, 6.45) is -2.71. The minimum atomic E-state index is -2.71. The van der Waals surface area contributed by atoms with Crippen LogP contribution in [0, 0.1) is 11.2 Å². The molecule has 0 saturated carbocycles. The van der Waals surface area contributed by atoms with E-state index in [2.05, 4.69) is 0 Å². The lowest BCUT2D eigenvalue weighted by Crippen LogP contribution is -1.92. The van der Waals surface area contributed by atoms with Crippen molar-refractivity contribution in [3.63, 3.8) is 0 Å². The highest BCUT2D eigenvalue weighted by atomic mass is 32.2. The summed E-state index contributed by atoms with van der Waals surface area (Å²) in [5, 5.41) is 2.00. The van der Waals surface area contributed by atoms with Gasteiger partial charge in [0.15, 0.2) is 0 Å². The average Bonchev–Trinajstić information content (AvgIpc) is 2.16. The second-order valence-corrected chi connectivity index (χ2v) is 3.71. The van der Waals surface area contributed by atoms with Gasteiger partial charge in [0, 0.05) is 5.25 Å². The third-order valence-electron chi connectivity index (χ3n) is 1.42. The first-order valence-corrected chi connectivity index (χ1v) is 5.22. The Hall–Kier alpha value is -1.21. The second kappa shape index (κ2) is 5.51. The molecule has 0 radical (unpaired) electrons. The summed E-state index contributed by atoms with van der Waals surface area (Å²) in [6, 6.07) is 8.99. The zero-order valence-corrected chi connectivity index (χ0v) is 8.06. The lowest BCUT2D eigenvalue weighted by molar-refractivity contribution is 0.215. The van der Waals surface area contributed by atoms with Crippen molar-refractivity contribution in [2.45, 2.75) is 12.2 Å². The molecule has 0 unspecified atom stereocenters. The second-order valence-electron chi connectivity index (χ2n) is 2.52. The Morgan fingerprint density at radius 2 is 1.93 bits per heavy atom. The third-order valence-corrected chi connectivity index (χ3v) is 2.36. The van der Waals surface area contributed by atoms with Crippen molar-refractivity contribution in [3.05, 3.63) is 35.9 Å². The number of hydrogen-bond acceptors (Lipinski definition) is 1. The predicted molar refractivity (Wildman–Crippen MR) is 52.1 cm³/mol. The molecule has 0 aliphatic carbocycles. The van der Waals surface area contributed by atoms with E-state index in [1.807, 2.05) is 11.3 Å². The maximum absolute atomic E-state index is 11.6. The zero-order chi connectivity index (χ0) is 10.4. The molecule has 0 saturated heterocycles. The quantitative estimate of drug-likeness (QED) is 0.689. The van der Waals surface area contributed by atoms with Crippen molar-refractivity contribution >= 4 is 10.8 Å². The first kappa shape index (κ1) is 10.9. The van der Waals surface area contributed by atoms with Gasteiger partial charge in [-0.2, -0.15) is 8.78 Å². The van der Waals surface area contributed by atoms with Crippen LogP contribution in [0.15, 0.2) is 30.3 Å². The monoisotopic (exact) mass is 214 g/mol. The normalized spacial score (nSPS) is 11.9. The van der Waals surface area contributed by atoms with Gasteiger partial charge >= 0.3 is 0 Å². The molecule has 0 fully saturated rings. The van der Waals surface area contributed by atoms with E-state index in [1.54, 1.807) is 30.2 Å². The molecule has 0 spiro atoms. The Bertz CT molecular complexity index is 365. The molecule has 0 heterocycles. The Morgan fingerprint density at radius 3 is 2.50 bits per heavy atom. The van der Waals surface area contributed by atoms with Crippen molar-refractivity contribution in [3.8, 4) is 11.2 Å². The minimum absolute atomic E-state index is 0.195. The highest BCUT2D eigenvalue weighted by Gasteiger charge is 1.98. The molecule has 1 nitrogen and oxygen atoms in total. The summed E-state index contributed by atoms with van der Waals surface area (Å²) in [5.74, 6) is 1.78. The molecule has 74 valence electrons. The van der Waals surface area contributed by atoms with Crippen molar-refractivity contribution in [1.29, 1.82) is 0 Å². The molecule has 0 aliphatic heterocycles. The van der Waals surface area contributed by atoms with Crippen LogP contribution in [0.5, 0.6) is 0 Å². The molecule has 0 N–H and O–H groups in total. The van der Waals surface area contributed by atoms with E-state index in [1.165, 1.54) is 0 Å². The van der Waals surface area contributed by atoms with Gasteiger partial charge < -0.3 is 0 Å². The van der Waals surface area contributed by atoms with E-state index < -0.39 is 17.2 Å².